The molecule has 0 spiro atoms. The molecule has 5 nitrogen and oxygen atoms in total. The molecule has 0 saturated carbocycles. The third-order valence-corrected chi connectivity index (χ3v) is 4.55. The number of carbonyl (C=O) groups is 2. The van der Waals surface area contributed by atoms with Crippen LogP contribution in [0.25, 0.3) is 0 Å². The third-order valence-electron chi connectivity index (χ3n) is 4.55. The molecule has 2 rings (SSSR count). The lowest BCUT2D eigenvalue weighted by atomic mass is 10.1. The fraction of sp³-hybridized carbons (Fsp3) is 0.391. The van der Waals surface area contributed by atoms with E-state index in [9.17, 15) is 9.59 Å². The summed E-state index contributed by atoms with van der Waals surface area (Å²) >= 11 is 0. The first kappa shape index (κ1) is 21.5. The minimum atomic E-state index is -0.333. The zero-order valence-electron chi connectivity index (χ0n) is 16.8. The molecule has 0 aromatic heterocycles. The summed E-state index contributed by atoms with van der Waals surface area (Å²) < 4.78 is 5.21. The molecule has 1 N–H and O–H groups in total. The Hall–Kier alpha value is -2.82. The quantitative estimate of drug-likeness (QED) is 0.461. The molecule has 0 aliphatic rings. The Kier molecular flexibility index (Phi) is 9.05. The molecule has 0 heterocycles. The second kappa shape index (κ2) is 11.8. The van der Waals surface area contributed by atoms with Crippen LogP contribution in [0.1, 0.15) is 38.7 Å². The lowest BCUT2D eigenvalue weighted by Gasteiger charge is -2.21. The number of nitrogens with zero attached hydrogens (tertiary/aromatic N) is 1. The lowest BCUT2D eigenvalue weighted by Crippen LogP contribution is -2.21. The number of rotatable bonds is 11. The van der Waals surface area contributed by atoms with Crippen molar-refractivity contribution in [3.63, 3.8) is 0 Å². The van der Waals surface area contributed by atoms with Crippen molar-refractivity contribution in [3.8, 4) is 0 Å². The van der Waals surface area contributed by atoms with E-state index in [1.165, 1.54) is 5.56 Å². The highest BCUT2D eigenvalue weighted by Crippen LogP contribution is 2.18. The zero-order valence-corrected chi connectivity index (χ0v) is 16.8. The molecule has 5 heteroatoms. The fourth-order valence-electron chi connectivity index (χ4n) is 2.96. The fourth-order valence-corrected chi connectivity index (χ4v) is 2.96. The van der Waals surface area contributed by atoms with Crippen LogP contribution in [-0.2, 0) is 20.7 Å². The average Bonchev–Trinajstić information content (AvgIpc) is 2.72. The van der Waals surface area contributed by atoms with Crippen LogP contribution in [0.4, 0.5) is 11.4 Å². The molecule has 2 aromatic carbocycles. The van der Waals surface area contributed by atoms with Gasteiger partial charge in [0.05, 0.1) is 13.0 Å². The average molecular weight is 383 g/mol. The van der Waals surface area contributed by atoms with Gasteiger partial charge < -0.3 is 15.0 Å². The van der Waals surface area contributed by atoms with E-state index in [2.05, 4.69) is 36.2 Å². The molecule has 2 aromatic rings. The maximum atomic E-state index is 12.0. The van der Waals surface area contributed by atoms with Crippen LogP contribution in [0.3, 0.4) is 0 Å². The summed E-state index contributed by atoms with van der Waals surface area (Å²) in [5.74, 6) is -0.517. The summed E-state index contributed by atoms with van der Waals surface area (Å²) in [7, 11) is 0. The Morgan fingerprint density at radius 1 is 0.929 bits per heavy atom. The Labute approximate surface area is 167 Å². The van der Waals surface area contributed by atoms with Crippen LogP contribution in [0.5, 0.6) is 0 Å². The Bertz CT molecular complexity index is 725. The minimum Gasteiger partial charge on any atom is -0.466 e. The van der Waals surface area contributed by atoms with Gasteiger partial charge in [-0.3, -0.25) is 9.59 Å². The standard InChI is InChI=1S/C23H30N2O3/c1-3-25(4-2)21-14-12-20(13-15-21)24-22(26)16-17-23(27)28-18-8-11-19-9-6-5-7-10-19/h5-7,9-10,12-15H,3-4,8,11,16-18H2,1-2H3,(H,24,26). The minimum absolute atomic E-state index is 0.0920. The van der Waals surface area contributed by atoms with Gasteiger partial charge in [0.1, 0.15) is 0 Å². The predicted octanol–water partition coefficient (Wildman–Crippen LogP) is 4.43. The first-order valence-electron chi connectivity index (χ1n) is 9.96. The van der Waals surface area contributed by atoms with Gasteiger partial charge >= 0.3 is 5.97 Å². The van der Waals surface area contributed by atoms with Gasteiger partial charge in [-0.1, -0.05) is 30.3 Å². The van der Waals surface area contributed by atoms with Crippen LogP contribution in [0.2, 0.25) is 0 Å². The van der Waals surface area contributed by atoms with Crippen molar-refractivity contribution < 1.29 is 14.3 Å². The van der Waals surface area contributed by atoms with Gasteiger partial charge in [0.25, 0.3) is 0 Å². The third kappa shape index (κ3) is 7.43. The second-order valence-electron chi connectivity index (χ2n) is 6.58. The van der Waals surface area contributed by atoms with E-state index in [0.29, 0.717) is 6.61 Å². The monoisotopic (exact) mass is 382 g/mol. The molecule has 0 atom stereocenters. The van der Waals surface area contributed by atoms with Crippen molar-refractivity contribution in [2.45, 2.75) is 39.5 Å². The molecule has 1 amide bonds. The number of carbonyl (C=O) groups excluding carboxylic acids is 2. The highest BCUT2D eigenvalue weighted by Gasteiger charge is 2.09. The number of amides is 1. The van der Waals surface area contributed by atoms with Gasteiger partial charge in [-0.05, 0) is 56.5 Å². The Morgan fingerprint density at radius 2 is 1.61 bits per heavy atom. The molecule has 0 radical (unpaired) electrons. The number of anilines is 2. The number of hydrogen-bond donors (Lipinski definition) is 1. The number of benzene rings is 2. The van der Waals surface area contributed by atoms with Crippen LogP contribution in [0, 0.1) is 0 Å². The Balaban J connectivity index is 1.64. The van der Waals surface area contributed by atoms with Crippen LogP contribution < -0.4 is 10.2 Å². The van der Waals surface area contributed by atoms with E-state index in [1.807, 2.05) is 42.5 Å². The van der Waals surface area contributed by atoms with Crippen molar-refractivity contribution in [3.05, 3.63) is 60.2 Å². The topological polar surface area (TPSA) is 58.6 Å². The molecule has 150 valence electrons. The van der Waals surface area contributed by atoms with Gasteiger partial charge in [0.15, 0.2) is 0 Å². The first-order chi connectivity index (χ1) is 13.6. The summed E-state index contributed by atoms with van der Waals surface area (Å²) in [6.07, 6.45) is 1.86. The van der Waals surface area contributed by atoms with Crippen molar-refractivity contribution >= 4 is 23.3 Å². The second-order valence-corrected chi connectivity index (χ2v) is 6.58. The van der Waals surface area contributed by atoms with Crippen molar-refractivity contribution in [2.75, 3.05) is 29.9 Å². The smallest absolute Gasteiger partial charge is 0.306 e. The number of hydrogen-bond acceptors (Lipinski definition) is 4. The van der Waals surface area contributed by atoms with Crippen molar-refractivity contribution in [1.29, 1.82) is 0 Å². The molecule has 0 bridgehead atoms. The Morgan fingerprint density at radius 3 is 2.25 bits per heavy atom. The van der Waals surface area contributed by atoms with Crippen LogP contribution in [-0.4, -0.2) is 31.6 Å². The van der Waals surface area contributed by atoms with Gasteiger partial charge in [0.2, 0.25) is 5.91 Å². The summed E-state index contributed by atoms with van der Waals surface area (Å²) in [5, 5.41) is 2.82. The predicted molar refractivity (Wildman–Crippen MR) is 114 cm³/mol. The molecule has 0 saturated heterocycles. The summed E-state index contributed by atoms with van der Waals surface area (Å²) in [6.45, 7) is 6.48. The molecule has 0 fully saturated rings. The lowest BCUT2D eigenvalue weighted by molar-refractivity contribution is -0.144. The molecule has 0 aliphatic carbocycles. The molecule has 0 unspecified atom stereocenters. The molecule has 0 aliphatic heterocycles. The number of ether oxygens (including phenoxy) is 1. The molecule has 28 heavy (non-hydrogen) atoms. The number of aryl methyl sites for hydroxylation is 1. The van der Waals surface area contributed by atoms with Crippen molar-refractivity contribution in [2.24, 2.45) is 0 Å². The summed E-state index contributed by atoms with van der Waals surface area (Å²) in [5.41, 5.74) is 3.09. The zero-order chi connectivity index (χ0) is 20.2. The summed E-state index contributed by atoms with van der Waals surface area (Å²) in [4.78, 5) is 26.1. The largest absolute Gasteiger partial charge is 0.466 e. The van der Waals surface area contributed by atoms with E-state index < -0.39 is 0 Å². The van der Waals surface area contributed by atoms with Gasteiger partial charge in [0, 0.05) is 30.9 Å². The SMILES string of the molecule is CCN(CC)c1ccc(NC(=O)CCC(=O)OCCCc2ccccc2)cc1. The van der Waals surface area contributed by atoms with Crippen LogP contribution in [0.15, 0.2) is 54.6 Å². The van der Waals surface area contributed by atoms with E-state index in [4.69, 9.17) is 4.74 Å². The first-order valence-corrected chi connectivity index (χ1v) is 9.96. The highest BCUT2D eigenvalue weighted by atomic mass is 16.5. The van der Waals surface area contributed by atoms with E-state index in [0.717, 1.165) is 37.3 Å². The summed E-state index contributed by atoms with van der Waals surface area (Å²) in [6, 6.07) is 17.8. The maximum Gasteiger partial charge on any atom is 0.306 e. The van der Waals surface area contributed by atoms with E-state index in [1.54, 1.807) is 0 Å². The van der Waals surface area contributed by atoms with Gasteiger partial charge in [-0.2, -0.15) is 0 Å². The molecular formula is C23H30N2O3. The van der Waals surface area contributed by atoms with E-state index >= 15 is 0 Å². The molecular weight excluding hydrogens is 352 g/mol. The van der Waals surface area contributed by atoms with Gasteiger partial charge in [-0.15, -0.1) is 0 Å². The maximum absolute atomic E-state index is 12.0. The normalized spacial score (nSPS) is 10.4. The van der Waals surface area contributed by atoms with E-state index in [-0.39, 0.29) is 24.7 Å². The number of nitrogens with one attached hydrogen (secondary N) is 1. The number of esters is 1. The highest BCUT2D eigenvalue weighted by molar-refractivity contribution is 5.92. The van der Waals surface area contributed by atoms with Crippen molar-refractivity contribution in [1.82, 2.24) is 0 Å². The van der Waals surface area contributed by atoms with Crippen LogP contribution >= 0.6 is 0 Å². The van der Waals surface area contributed by atoms with Gasteiger partial charge in [-0.25, -0.2) is 0 Å².